The van der Waals surface area contributed by atoms with Gasteiger partial charge < -0.3 is 9.64 Å². The Morgan fingerprint density at radius 2 is 1.76 bits per heavy atom. The van der Waals surface area contributed by atoms with Gasteiger partial charge in [-0.25, -0.2) is 5.01 Å². The number of anilines is 1. The number of halogens is 1. The van der Waals surface area contributed by atoms with Crippen LogP contribution in [0.1, 0.15) is 35.4 Å². The van der Waals surface area contributed by atoms with Gasteiger partial charge >= 0.3 is 0 Å². The molecule has 5 rings (SSSR count). The first-order valence-electron chi connectivity index (χ1n) is 9.75. The average Bonchev–Trinajstić information content (AvgIpc) is 3.20. The van der Waals surface area contributed by atoms with E-state index in [-0.39, 0.29) is 12.3 Å². The topological polar surface area (TPSA) is 28.1 Å². The molecule has 0 fully saturated rings. The number of hydrazone groups is 1. The van der Waals surface area contributed by atoms with Crippen LogP contribution in [0, 0.1) is 0 Å². The van der Waals surface area contributed by atoms with Crippen LogP contribution in [-0.2, 0) is 0 Å². The molecule has 0 unspecified atom stereocenters. The van der Waals surface area contributed by atoms with E-state index in [2.05, 4.69) is 86.5 Å². The Morgan fingerprint density at radius 3 is 2.48 bits per heavy atom. The number of benzene rings is 3. The molecule has 0 N–H and O–H groups in total. The highest BCUT2D eigenvalue weighted by molar-refractivity contribution is 9.10. The van der Waals surface area contributed by atoms with Crippen molar-refractivity contribution in [2.75, 3.05) is 19.0 Å². The summed E-state index contributed by atoms with van der Waals surface area (Å²) in [5.41, 5.74) is 5.71. The van der Waals surface area contributed by atoms with E-state index in [1.807, 2.05) is 26.2 Å². The molecule has 0 spiro atoms. The van der Waals surface area contributed by atoms with E-state index in [0.29, 0.717) is 0 Å². The van der Waals surface area contributed by atoms with E-state index in [0.717, 1.165) is 27.9 Å². The second-order valence-corrected chi connectivity index (χ2v) is 8.57. The van der Waals surface area contributed by atoms with Crippen LogP contribution in [0.3, 0.4) is 0 Å². The van der Waals surface area contributed by atoms with Crippen molar-refractivity contribution >= 4 is 27.3 Å². The molecule has 2 aliphatic heterocycles. The van der Waals surface area contributed by atoms with Crippen molar-refractivity contribution in [3.63, 3.8) is 0 Å². The molecule has 29 heavy (non-hydrogen) atoms. The average molecular weight is 448 g/mol. The molecule has 0 radical (unpaired) electrons. The van der Waals surface area contributed by atoms with Crippen molar-refractivity contribution in [2.45, 2.75) is 18.7 Å². The second-order valence-electron chi connectivity index (χ2n) is 7.65. The minimum atomic E-state index is -0.244. The number of nitrogens with zero attached hydrogens (tertiary/aromatic N) is 3. The summed E-state index contributed by atoms with van der Waals surface area (Å²) in [5.74, 6) is 0.931. The van der Waals surface area contributed by atoms with Crippen molar-refractivity contribution in [1.82, 2.24) is 5.01 Å². The summed E-state index contributed by atoms with van der Waals surface area (Å²) in [7, 11) is 4.10. The van der Waals surface area contributed by atoms with Crippen LogP contribution in [0.25, 0.3) is 0 Å². The number of hydrogen-bond donors (Lipinski definition) is 0. The van der Waals surface area contributed by atoms with E-state index < -0.39 is 0 Å². The smallest absolute Gasteiger partial charge is 0.213 e. The molecule has 5 heteroatoms. The number of fused-ring (bicyclic) bond motifs is 3. The monoisotopic (exact) mass is 447 g/mol. The highest BCUT2D eigenvalue weighted by Crippen LogP contribution is 2.48. The summed E-state index contributed by atoms with van der Waals surface area (Å²) >= 11 is 3.61. The Kier molecular flexibility index (Phi) is 4.55. The first-order chi connectivity index (χ1) is 14.1. The summed E-state index contributed by atoms with van der Waals surface area (Å²) in [4.78, 5) is 2.10. The van der Waals surface area contributed by atoms with Crippen molar-refractivity contribution in [1.29, 1.82) is 0 Å². The lowest BCUT2D eigenvalue weighted by Gasteiger charge is -2.38. The fourth-order valence-electron chi connectivity index (χ4n) is 4.02. The van der Waals surface area contributed by atoms with Gasteiger partial charge in [-0.15, -0.1) is 0 Å². The number of hydrogen-bond acceptors (Lipinski definition) is 4. The van der Waals surface area contributed by atoms with E-state index in [9.17, 15) is 0 Å². The highest BCUT2D eigenvalue weighted by Gasteiger charge is 2.41. The van der Waals surface area contributed by atoms with Crippen LogP contribution in [0.4, 0.5) is 5.69 Å². The Morgan fingerprint density at radius 1 is 1.00 bits per heavy atom. The Hall–Kier alpha value is -2.79. The van der Waals surface area contributed by atoms with Crippen molar-refractivity contribution in [3.8, 4) is 5.75 Å². The van der Waals surface area contributed by atoms with Crippen LogP contribution >= 0.6 is 15.9 Å². The summed E-state index contributed by atoms with van der Waals surface area (Å²) in [6.07, 6.45) is 0.620. The first kappa shape index (κ1) is 18.3. The minimum absolute atomic E-state index is 0.157. The maximum Gasteiger partial charge on any atom is 0.213 e. The quantitative estimate of drug-likeness (QED) is 0.510. The Balaban J connectivity index is 1.57. The molecule has 0 saturated heterocycles. The molecular formula is C24H22BrN3O. The Bertz CT molecular complexity index is 1060. The predicted molar refractivity (Wildman–Crippen MR) is 120 cm³/mol. The van der Waals surface area contributed by atoms with Crippen molar-refractivity contribution < 1.29 is 4.74 Å². The fraction of sp³-hybridized carbons (Fsp3) is 0.208. The fourth-order valence-corrected chi connectivity index (χ4v) is 4.40. The molecule has 4 nitrogen and oxygen atoms in total. The van der Waals surface area contributed by atoms with Crippen molar-refractivity contribution in [2.24, 2.45) is 5.10 Å². The van der Waals surface area contributed by atoms with Gasteiger partial charge in [0.2, 0.25) is 6.23 Å². The van der Waals surface area contributed by atoms with E-state index in [1.54, 1.807) is 0 Å². The molecule has 0 bridgehead atoms. The van der Waals surface area contributed by atoms with Gasteiger partial charge in [-0.2, -0.15) is 5.10 Å². The molecule has 0 aromatic heterocycles. The summed E-state index contributed by atoms with van der Waals surface area (Å²) in [6.45, 7) is 0. The third-order valence-corrected chi connectivity index (χ3v) is 6.05. The third-order valence-electron chi connectivity index (χ3n) is 5.55. The molecule has 146 valence electrons. The SMILES string of the molecule is CN(C)c1ccc([C@H]2Oc3ccc(Br)cc3[C@@H]3CC(c4ccccc4)=NN23)cc1. The first-order valence-corrected chi connectivity index (χ1v) is 10.5. The predicted octanol–water partition coefficient (Wildman–Crippen LogP) is 5.76. The number of rotatable bonds is 3. The van der Waals surface area contributed by atoms with Gasteiger partial charge in [-0.3, -0.25) is 0 Å². The van der Waals surface area contributed by atoms with Crippen LogP contribution in [0.5, 0.6) is 5.75 Å². The molecule has 2 atom stereocenters. The second kappa shape index (κ2) is 7.23. The molecule has 0 aliphatic carbocycles. The van der Waals surface area contributed by atoms with Gasteiger partial charge in [0.15, 0.2) is 0 Å². The van der Waals surface area contributed by atoms with Crippen LogP contribution in [0.15, 0.2) is 82.4 Å². The van der Waals surface area contributed by atoms with Crippen LogP contribution in [-0.4, -0.2) is 24.8 Å². The largest absolute Gasteiger partial charge is 0.464 e. The standard InChI is InChI=1S/C24H22BrN3O/c1-27(2)19-11-8-17(9-12-19)24-28-22(20-14-18(25)10-13-23(20)29-24)15-21(26-28)16-6-4-3-5-7-16/h3-14,22,24H,15H2,1-2H3/t22-,24+/m0/s1. The molecule has 2 aliphatic rings. The maximum absolute atomic E-state index is 6.46. The third kappa shape index (κ3) is 3.29. The van der Waals surface area contributed by atoms with Gasteiger partial charge in [0.25, 0.3) is 0 Å². The van der Waals surface area contributed by atoms with Crippen LogP contribution in [0.2, 0.25) is 0 Å². The maximum atomic E-state index is 6.46. The van der Waals surface area contributed by atoms with Gasteiger partial charge in [-0.1, -0.05) is 58.4 Å². The molecule has 2 heterocycles. The van der Waals surface area contributed by atoms with E-state index >= 15 is 0 Å². The lowest BCUT2D eigenvalue weighted by atomic mass is 9.96. The molecule has 0 amide bonds. The normalized spacial score (nSPS) is 19.8. The summed E-state index contributed by atoms with van der Waals surface area (Å²) in [5, 5.41) is 7.15. The highest BCUT2D eigenvalue weighted by atomic mass is 79.9. The molecule has 3 aromatic carbocycles. The zero-order valence-corrected chi connectivity index (χ0v) is 18.0. The lowest BCUT2D eigenvalue weighted by Crippen LogP contribution is -2.33. The number of ether oxygens (including phenoxy) is 1. The van der Waals surface area contributed by atoms with E-state index in [4.69, 9.17) is 9.84 Å². The van der Waals surface area contributed by atoms with Gasteiger partial charge in [0, 0.05) is 41.8 Å². The van der Waals surface area contributed by atoms with Gasteiger partial charge in [0.1, 0.15) is 5.75 Å². The molecule has 0 saturated carbocycles. The van der Waals surface area contributed by atoms with Crippen molar-refractivity contribution in [3.05, 3.63) is 94.0 Å². The molecule has 3 aromatic rings. The Labute approximate surface area is 179 Å². The zero-order chi connectivity index (χ0) is 20.0. The minimum Gasteiger partial charge on any atom is -0.464 e. The summed E-state index contributed by atoms with van der Waals surface area (Å²) in [6, 6.07) is 25.3. The van der Waals surface area contributed by atoms with E-state index in [1.165, 1.54) is 16.8 Å². The zero-order valence-electron chi connectivity index (χ0n) is 16.4. The summed E-state index contributed by atoms with van der Waals surface area (Å²) < 4.78 is 7.51. The van der Waals surface area contributed by atoms with Crippen LogP contribution < -0.4 is 9.64 Å². The molecular weight excluding hydrogens is 426 g/mol. The van der Waals surface area contributed by atoms with Gasteiger partial charge in [0.05, 0.1) is 11.8 Å². The van der Waals surface area contributed by atoms with Gasteiger partial charge in [-0.05, 0) is 35.9 Å². The lowest BCUT2D eigenvalue weighted by molar-refractivity contribution is -0.0190.